The van der Waals surface area contributed by atoms with E-state index >= 15 is 9.59 Å². The Morgan fingerprint density at radius 1 is 0.829 bits per heavy atom. The van der Waals surface area contributed by atoms with Crippen LogP contribution in [0.2, 0.25) is 0 Å². The molecule has 374 valence electrons. The van der Waals surface area contributed by atoms with Crippen molar-refractivity contribution < 1.29 is 81.7 Å². The van der Waals surface area contributed by atoms with Crippen molar-refractivity contribution in [1.82, 2.24) is 5.32 Å². The van der Waals surface area contributed by atoms with Crippen LogP contribution in [-0.2, 0) is 61.9 Å². The summed E-state index contributed by atoms with van der Waals surface area (Å²) in [5, 5.41) is 28.9. The molecule has 3 aliphatic carbocycles. The van der Waals surface area contributed by atoms with E-state index in [0.717, 1.165) is 13.8 Å². The molecule has 70 heavy (non-hydrogen) atoms. The summed E-state index contributed by atoms with van der Waals surface area (Å²) in [6, 6.07) is 22.7. The lowest BCUT2D eigenvalue weighted by molar-refractivity contribution is -0.346. The minimum atomic E-state index is -2.46. The first-order chi connectivity index (χ1) is 33.2. The maximum absolute atomic E-state index is 15.7. The Morgan fingerprint density at radius 3 is 2.01 bits per heavy atom. The van der Waals surface area contributed by atoms with E-state index in [-0.39, 0.29) is 48.5 Å². The smallest absolute Gasteiger partial charge is 0.350 e. The number of ether oxygens (including phenoxy) is 8. The van der Waals surface area contributed by atoms with Crippen LogP contribution in [0.5, 0.6) is 0 Å². The molecule has 1 amide bonds. The normalized spacial score (nSPS) is 29.5. The minimum absolute atomic E-state index is 0.00229. The van der Waals surface area contributed by atoms with Gasteiger partial charge in [-0.3, -0.25) is 19.2 Å². The van der Waals surface area contributed by atoms with Crippen molar-refractivity contribution >= 4 is 41.5 Å². The maximum Gasteiger partial charge on any atom is 0.350 e. The summed E-state index contributed by atoms with van der Waals surface area (Å²) in [6.07, 6.45) is -10.8. The summed E-state index contributed by atoms with van der Waals surface area (Å²) in [5.74, 6) is -8.07. The van der Waals surface area contributed by atoms with Crippen molar-refractivity contribution in [2.45, 2.75) is 108 Å². The average molecular weight is 970 g/mol. The van der Waals surface area contributed by atoms with E-state index in [2.05, 4.69) is 5.32 Å². The van der Waals surface area contributed by atoms with Gasteiger partial charge in [-0.1, -0.05) is 80.6 Å². The zero-order valence-electron chi connectivity index (χ0n) is 40.0. The molecule has 2 bridgehead atoms. The Balaban J connectivity index is 1.41. The highest BCUT2D eigenvalue weighted by Gasteiger charge is 2.78. The highest BCUT2D eigenvalue weighted by atomic mass is 16.6. The summed E-state index contributed by atoms with van der Waals surface area (Å²) >= 11 is 0. The van der Waals surface area contributed by atoms with Gasteiger partial charge >= 0.3 is 29.8 Å². The number of benzene rings is 3. The Kier molecular flexibility index (Phi) is 15.1. The summed E-state index contributed by atoms with van der Waals surface area (Å²) in [5.41, 5.74) is -7.45. The van der Waals surface area contributed by atoms with Gasteiger partial charge in [-0.05, 0) is 54.8 Å². The number of hydrogen-bond donors (Lipinski definition) is 3. The predicted molar refractivity (Wildman–Crippen MR) is 244 cm³/mol. The predicted octanol–water partition coefficient (Wildman–Crippen LogP) is 3.95. The third-order valence-electron chi connectivity index (χ3n) is 14.4. The number of fused-ring (bicyclic) bond motifs is 5. The fourth-order valence-corrected chi connectivity index (χ4v) is 10.8. The molecule has 7 rings (SSSR count). The number of hydrogen-bond acceptors (Lipinski definition) is 17. The highest BCUT2D eigenvalue weighted by Crippen LogP contribution is 2.64. The summed E-state index contributed by atoms with van der Waals surface area (Å²) < 4.78 is 47.0. The van der Waals surface area contributed by atoms with Gasteiger partial charge in [0.25, 0.3) is 5.91 Å². The van der Waals surface area contributed by atoms with E-state index in [1.807, 2.05) is 0 Å². The minimum Gasteiger partial charge on any atom is -0.455 e. The van der Waals surface area contributed by atoms with Gasteiger partial charge in [-0.15, -0.1) is 0 Å². The van der Waals surface area contributed by atoms with Crippen molar-refractivity contribution in [3.63, 3.8) is 0 Å². The highest BCUT2D eigenvalue weighted by molar-refractivity contribution is 5.96. The molecule has 3 aromatic carbocycles. The fraction of sp³-hybridized carbons (Fsp3) is 0.481. The summed E-state index contributed by atoms with van der Waals surface area (Å²) in [4.78, 5) is 99.0. The van der Waals surface area contributed by atoms with Gasteiger partial charge in [0.15, 0.2) is 17.5 Å². The lowest BCUT2D eigenvalue weighted by Crippen LogP contribution is -2.82. The van der Waals surface area contributed by atoms with Crippen molar-refractivity contribution in [3.05, 3.63) is 119 Å². The first-order valence-electron chi connectivity index (χ1n) is 23.0. The topological polar surface area (TPSA) is 246 Å². The molecule has 3 N–H and O–H groups in total. The molecule has 0 radical (unpaired) electrons. The third-order valence-corrected chi connectivity index (χ3v) is 14.4. The molecular weight excluding hydrogens is 911 g/mol. The van der Waals surface area contributed by atoms with E-state index in [0.29, 0.717) is 5.56 Å². The van der Waals surface area contributed by atoms with Crippen molar-refractivity contribution in [3.8, 4) is 0 Å². The van der Waals surface area contributed by atoms with Gasteiger partial charge in [0.05, 0.1) is 42.8 Å². The molecule has 3 fully saturated rings. The van der Waals surface area contributed by atoms with Crippen LogP contribution in [0.1, 0.15) is 86.7 Å². The van der Waals surface area contributed by atoms with Crippen LogP contribution < -0.4 is 5.32 Å². The molecule has 11 atom stereocenters. The summed E-state index contributed by atoms with van der Waals surface area (Å²) in [6.45, 7) is 7.36. The first-order valence-corrected chi connectivity index (χ1v) is 23.0. The van der Waals surface area contributed by atoms with Crippen molar-refractivity contribution in [1.29, 1.82) is 0 Å². The van der Waals surface area contributed by atoms with Gasteiger partial charge in [0, 0.05) is 44.8 Å². The van der Waals surface area contributed by atoms with Crippen LogP contribution in [-0.4, -0.2) is 133 Å². The third kappa shape index (κ3) is 9.50. The number of nitrogens with one attached hydrogen (secondary N) is 1. The summed E-state index contributed by atoms with van der Waals surface area (Å²) in [7, 11) is 1.44. The number of methoxy groups -OCH3 is 1. The zero-order chi connectivity index (χ0) is 50.8. The molecule has 2 saturated carbocycles. The van der Waals surface area contributed by atoms with Crippen molar-refractivity contribution in [2.75, 3.05) is 33.5 Å². The van der Waals surface area contributed by atoms with Gasteiger partial charge in [0.2, 0.25) is 6.10 Å². The van der Waals surface area contributed by atoms with Crippen LogP contribution in [0.3, 0.4) is 0 Å². The van der Waals surface area contributed by atoms with E-state index in [9.17, 15) is 34.2 Å². The quantitative estimate of drug-likeness (QED) is 0.0796. The zero-order valence-corrected chi connectivity index (χ0v) is 40.0. The maximum atomic E-state index is 15.7. The fourth-order valence-electron chi connectivity index (χ4n) is 10.8. The standard InChI is InChI=1S/C52H59NO17/c1-29-35(67-48(61)42(68-38(57)27-64-24-23-63-7)40(32-17-11-8-12-18-32)53-46(59)33-19-13-9-14-20-33)26-52(62)45(69-47(60)34-21-15-10-16-22-34)43-50(6,36(56)25-37-51(43,28-65-37)70-31(3)55)44(58)41(66-30(2)54)39(29)49(52,4)5/h8-22,35-37,40-43,45,56,62H,23-28H2,1-7H3,(H,53,59). The number of rotatable bonds is 16. The number of aliphatic hydroxyl groups excluding tert-OH is 1. The van der Waals surface area contributed by atoms with Crippen LogP contribution in [0.25, 0.3) is 0 Å². The number of carbonyl (C=O) groups is 7. The van der Waals surface area contributed by atoms with E-state index in [1.165, 1.54) is 33.1 Å². The lowest BCUT2D eigenvalue weighted by atomic mass is 9.44. The first kappa shape index (κ1) is 51.5. The Bertz CT molecular complexity index is 2500. The van der Waals surface area contributed by atoms with Crippen molar-refractivity contribution in [2.24, 2.45) is 16.7 Å². The van der Waals surface area contributed by atoms with Gasteiger partial charge in [0.1, 0.15) is 36.6 Å². The molecule has 0 spiro atoms. The molecule has 0 aromatic heterocycles. The van der Waals surface area contributed by atoms with E-state index < -0.39 is 125 Å². The molecule has 18 heteroatoms. The molecular formula is C52H59NO17. The second-order valence-corrected chi connectivity index (χ2v) is 18.9. The number of ketones is 1. The molecule has 1 saturated heterocycles. The van der Waals surface area contributed by atoms with Gasteiger partial charge in [-0.25, -0.2) is 14.4 Å². The number of aliphatic hydroxyl groups is 2. The Morgan fingerprint density at radius 2 is 1.44 bits per heavy atom. The van der Waals surface area contributed by atoms with Crippen LogP contribution in [0, 0.1) is 16.7 Å². The second-order valence-electron chi connectivity index (χ2n) is 18.9. The SMILES string of the molecule is COCCOCC(=O)OC(C(=O)OC1CC2(O)C(OC(=O)c3ccccc3)C3C4(OC(C)=O)COC4CC(O)C3(C)C(=O)C(OC(C)=O)C(=C1C)C2(C)C)C(NC(=O)c1ccccc1)c1ccccc1. The lowest BCUT2D eigenvalue weighted by Gasteiger charge is -2.67. The molecule has 1 aliphatic heterocycles. The van der Waals surface area contributed by atoms with Gasteiger partial charge < -0.3 is 53.4 Å². The van der Waals surface area contributed by atoms with Crippen LogP contribution in [0.15, 0.2) is 102 Å². The number of carbonyl (C=O) groups excluding carboxylic acids is 7. The largest absolute Gasteiger partial charge is 0.455 e. The molecule has 18 nitrogen and oxygen atoms in total. The number of amides is 1. The molecule has 3 aromatic rings. The molecule has 11 unspecified atom stereocenters. The Labute approximate surface area is 404 Å². The van der Waals surface area contributed by atoms with Crippen LogP contribution in [0.4, 0.5) is 0 Å². The second kappa shape index (κ2) is 20.6. The van der Waals surface area contributed by atoms with E-state index in [4.69, 9.17) is 37.9 Å². The van der Waals surface area contributed by atoms with Gasteiger partial charge in [-0.2, -0.15) is 0 Å². The number of Topliss-reactive ketones (excluding diaryl/α,β-unsaturated/α-hetero) is 1. The number of esters is 5. The van der Waals surface area contributed by atoms with E-state index in [1.54, 1.807) is 92.7 Å². The molecule has 4 aliphatic rings. The average Bonchev–Trinajstić information content (AvgIpc) is 3.32. The molecule has 1 heterocycles. The van der Waals surface area contributed by atoms with Crippen LogP contribution >= 0.6 is 0 Å². The monoisotopic (exact) mass is 969 g/mol. The Hall–Kier alpha value is -6.31.